The predicted octanol–water partition coefficient (Wildman–Crippen LogP) is 3.03. The molecule has 1 fully saturated rings. The second-order valence-electron chi connectivity index (χ2n) is 6.94. The molecule has 1 N–H and O–H groups in total. The number of nitrogens with one attached hydrogen (secondary N) is 1. The lowest BCUT2D eigenvalue weighted by atomic mass is 9.97. The summed E-state index contributed by atoms with van der Waals surface area (Å²) in [6.07, 6.45) is 3.36. The van der Waals surface area contributed by atoms with Crippen molar-refractivity contribution < 1.29 is 19.1 Å². The smallest absolute Gasteiger partial charge is 0.254 e. The first kappa shape index (κ1) is 20.9. The van der Waals surface area contributed by atoms with Gasteiger partial charge in [0.25, 0.3) is 11.8 Å². The molecule has 29 heavy (non-hydrogen) atoms. The zero-order chi connectivity index (χ0) is 20.8. The van der Waals surface area contributed by atoms with Gasteiger partial charge in [0.2, 0.25) is 0 Å². The largest absolute Gasteiger partial charge is 0.497 e. The topological polar surface area (TPSA) is 80.8 Å². The molecule has 1 atom stereocenters. The summed E-state index contributed by atoms with van der Waals surface area (Å²) in [7, 11) is 3.08. The van der Waals surface area contributed by atoms with Gasteiger partial charge in [0, 0.05) is 43.0 Å². The number of amides is 2. The Bertz CT molecular complexity index is 868. The Kier molecular flexibility index (Phi) is 6.93. The molecule has 0 saturated carbocycles. The van der Waals surface area contributed by atoms with Gasteiger partial charge in [-0.3, -0.25) is 9.59 Å². The second-order valence-corrected chi connectivity index (χ2v) is 7.33. The van der Waals surface area contributed by atoms with E-state index < -0.39 is 0 Å². The van der Waals surface area contributed by atoms with Crippen LogP contribution in [0.15, 0.2) is 36.5 Å². The third-order valence-electron chi connectivity index (χ3n) is 4.94. The first-order valence-electron chi connectivity index (χ1n) is 9.42. The highest BCUT2D eigenvalue weighted by atomic mass is 35.5. The molecule has 1 aromatic heterocycles. The van der Waals surface area contributed by atoms with E-state index >= 15 is 0 Å². The molecule has 0 radical (unpaired) electrons. The minimum atomic E-state index is -0.202. The van der Waals surface area contributed by atoms with Crippen LogP contribution in [0.1, 0.15) is 33.6 Å². The van der Waals surface area contributed by atoms with Crippen LogP contribution in [-0.4, -0.2) is 55.6 Å². The molecule has 7 nitrogen and oxygen atoms in total. The van der Waals surface area contributed by atoms with E-state index in [0.29, 0.717) is 47.4 Å². The second kappa shape index (κ2) is 9.60. The average molecular weight is 418 g/mol. The summed E-state index contributed by atoms with van der Waals surface area (Å²) in [6.45, 7) is 1.76. The molecule has 1 aromatic carbocycles. The molecule has 8 heteroatoms. The van der Waals surface area contributed by atoms with Crippen LogP contribution in [0, 0.1) is 5.92 Å². The number of pyridine rings is 1. The van der Waals surface area contributed by atoms with Crippen molar-refractivity contribution in [3.63, 3.8) is 0 Å². The first-order valence-corrected chi connectivity index (χ1v) is 9.80. The number of likely N-dealkylation sites (tertiary alicyclic amines) is 1. The zero-order valence-electron chi connectivity index (χ0n) is 16.5. The van der Waals surface area contributed by atoms with Gasteiger partial charge in [-0.2, -0.15) is 0 Å². The third-order valence-corrected chi connectivity index (χ3v) is 5.15. The van der Waals surface area contributed by atoms with E-state index in [2.05, 4.69) is 10.3 Å². The number of methoxy groups -OCH3 is 2. The van der Waals surface area contributed by atoms with E-state index in [1.165, 1.54) is 6.20 Å². The maximum atomic E-state index is 12.7. The van der Waals surface area contributed by atoms with Gasteiger partial charge in [0.15, 0.2) is 0 Å². The van der Waals surface area contributed by atoms with Crippen LogP contribution in [0.5, 0.6) is 11.5 Å². The van der Waals surface area contributed by atoms with Crippen molar-refractivity contribution in [3.8, 4) is 11.5 Å². The molecule has 0 unspecified atom stereocenters. The van der Waals surface area contributed by atoms with Gasteiger partial charge in [0.05, 0.1) is 14.2 Å². The summed E-state index contributed by atoms with van der Waals surface area (Å²) in [5, 5.41) is 3.26. The van der Waals surface area contributed by atoms with Crippen LogP contribution in [0.25, 0.3) is 0 Å². The van der Waals surface area contributed by atoms with Gasteiger partial charge < -0.3 is 19.7 Å². The number of rotatable bonds is 6. The number of carbonyl (C=O) groups excluding carboxylic acids is 2. The van der Waals surface area contributed by atoms with Gasteiger partial charge >= 0.3 is 0 Å². The molecule has 154 valence electrons. The number of halogens is 1. The lowest BCUT2D eigenvalue weighted by Gasteiger charge is -2.33. The van der Waals surface area contributed by atoms with Crippen molar-refractivity contribution in [3.05, 3.63) is 52.8 Å². The van der Waals surface area contributed by atoms with E-state index in [1.807, 2.05) is 0 Å². The molecule has 3 rings (SSSR count). The van der Waals surface area contributed by atoms with Gasteiger partial charge in [-0.25, -0.2) is 4.98 Å². The van der Waals surface area contributed by atoms with E-state index in [4.69, 9.17) is 21.1 Å². The number of ether oxygens (including phenoxy) is 2. The summed E-state index contributed by atoms with van der Waals surface area (Å²) < 4.78 is 10.4. The highest BCUT2D eigenvalue weighted by molar-refractivity contribution is 6.29. The fraction of sp³-hybridized carbons (Fsp3) is 0.381. The van der Waals surface area contributed by atoms with Gasteiger partial charge in [0.1, 0.15) is 16.7 Å². The maximum absolute atomic E-state index is 12.7. The number of hydrogen-bond acceptors (Lipinski definition) is 5. The molecular formula is C21H24ClN3O4. The average Bonchev–Trinajstić information content (AvgIpc) is 2.76. The van der Waals surface area contributed by atoms with Gasteiger partial charge in [-0.15, -0.1) is 0 Å². The lowest BCUT2D eigenvalue weighted by Crippen LogP contribution is -2.43. The minimum Gasteiger partial charge on any atom is -0.497 e. The molecular weight excluding hydrogens is 394 g/mol. The molecule has 0 spiro atoms. The quantitative estimate of drug-likeness (QED) is 0.730. The number of hydrogen-bond donors (Lipinski definition) is 1. The molecule has 2 amide bonds. The monoisotopic (exact) mass is 417 g/mol. The Morgan fingerprint density at radius 2 is 1.90 bits per heavy atom. The van der Waals surface area contributed by atoms with Gasteiger partial charge in [-0.1, -0.05) is 11.6 Å². The van der Waals surface area contributed by atoms with E-state index in [1.54, 1.807) is 49.5 Å². The number of aromatic nitrogens is 1. The van der Waals surface area contributed by atoms with E-state index in [-0.39, 0.29) is 17.7 Å². The van der Waals surface area contributed by atoms with Crippen LogP contribution in [0.2, 0.25) is 5.15 Å². The molecule has 2 heterocycles. The van der Waals surface area contributed by atoms with Gasteiger partial charge in [-0.05, 0) is 43.0 Å². The molecule has 0 bridgehead atoms. The molecule has 1 aliphatic rings. The van der Waals surface area contributed by atoms with Crippen LogP contribution in [-0.2, 0) is 0 Å². The first-order chi connectivity index (χ1) is 14.0. The number of benzene rings is 1. The molecule has 0 aliphatic carbocycles. The standard InChI is InChI=1S/C21H24ClN3O4/c1-28-17-8-16(9-18(11-17)29-2)20(26)24-12-14-4-3-7-25(13-14)21(27)15-5-6-23-19(22)10-15/h5-6,8-11,14H,3-4,7,12-13H2,1-2H3,(H,24,26)/t14-/m0/s1. The zero-order valence-corrected chi connectivity index (χ0v) is 17.2. The lowest BCUT2D eigenvalue weighted by molar-refractivity contribution is 0.0670. The fourth-order valence-electron chi connectivity index (χ4n) is 3.41. The van der Waals surface area contributed by atoms with Crippen LogP contribution in [0.3, 0.4) is 0 Å². The van der Waals surface area contributed by atoms with Crippen LogP contribution >= 0.6 is 11.6 Å². The highest BCUT2D eigenvalue weighted by Crippen LogP contribution is 2.23. The maximum Gasteiger partial charge on any atom is 0.254 e. The molecule has 1 saturated heterocycles. The number of nitrogens with zero attached hydrogens (tertiary/aromatic N) is 2. The van der Waals surface area contributed by atoms with E-state index in [0.717, 1.165) is 12.8 Å². The van der Waals surface area contributed by atoms with Crippen molar-refractivity contribution in [2.24, 2.45) is 5.92 Å². The number of piperidine rings is 1. The predicted molar refractivity (Wildman–Crippen MR) is 110 cm³/mol. The summed E-state index contributed by atoms with van der Waals surface area (Å²) in [6, 6.07) is 8.29. The van der Waals surface area contributed by atoms with Crippen molar-refractivity contribution >= 4 is 23.4 Å². The summed E-state index contributed by atoms with van der Waals surface area (Å²) in [5.74, 6) is 1.02. The third kappa shape index (κ3) is 5.38. The van der Waals surface area contributed by atoms with Crippen molar-refractivity contribution in [2.45, 2.75) is 12.8 Å². The summed E-state index contributed by atoms with van der Waals surface area (Å²) >= 11 is 5.90. The van der Waals surface area contributed by atoms with Crippen LogP contribution < -0.4 is 14.8 Å². The minimum absolute atomic E-state index is 0.0668. The van der Waals surface area contributed by atoms with Crippen molar-refractivity contribution in [2.75, 3.05) is 33.9 Å². The Morgan fingerprint density at radius 3 is 2.55 bits per heavy atom. The Labute approximate surface area is 175 Å². The Hall–Kier alpha value is -2.80. The SMILES string of the molecule is COc1cc(OC)cc(C(=O)NC[C@@H]2CCCN(C(=O)c3ccnc(Cl)c3)C2)c1. The Morgan fingerprint density at radius 1 is 1.17 bits per heavy atom. The molecule has 2 aromatic rings. The summed E-state index contributed by atoms with van der Waals surface area (Å²) in [5.41, 5.74) is 0.995. The fourth-order valence-corrected chi connectivity index (χ4v) is 3.59. The van der Waals surface area contributed by atoms with Crippen LogP contribution in [0.4, 0.5) is 0 Å². The number of carbonyl (C=O) groups is 2. The highest BCUT2D eigenvalue weighted by Gasteiger charge is 2.25. The normalized spacial score (nSPS) is 16.2. The van der Waals surface area contributed by atoms with Crippen molar-refractivity contribution in [1.29, 1.82) is 0 Å². The van der Waals surface area contributed by atoms with E-state index in [9.17, 15) is 9.59 Å². The Balaban J connectivity index is 1.59. The van der Waals surface area contributed by atoms with Crippen molar-refractivity contribution in [1.82, 2.24) is 15.2 Å². The summed E-state index contributed by atoms with van der Waals surface area (Å²) in [4.78, 5) is 31.0. The molecule has 1 aliphatic heterocycles.